The van der Waals surface area contributed by atoms with Crippen molar-refractivity contribution < 1.29 is 8.94 Å². The summed E-state index contributed by atoms with van der Waals surface area (Å²) in [4.78, 5) is 8.01. The number of pyridine rings is 1. The van der Waals surface area contributed by atoms with E-state index in [1.54, 1.807) is 18.3 Å². The Balaban J connectivity index is 1.71. The van der Waals surface area contributed by atoms with Crippen molar-refractivity contribution >= 4 is 22.4 Å². The lowest BCUT2D eigenvalue weighted by Gasteiger charge is -2.23. The van der Waals surface area contributed by atoms with Crippen LogP contribution in [0, 0.1) is 5.82 Å². The highest BCUT2D eigenvalue weighted by atomic mass is 32.2. The van der Waals surface area contributed by atoms with E-state index in [9.17, 15) is 4.55 Å². The molecule has 4 nitrogen and oxygen atoms in total. The molecule has 4 rings (SSSR count). The van der Waals surface area contributed by atoms with Crippen LogP contribution in [0.2, 0.25) is 0 Å². The lowest BCUT2D eigenvalue weighted by Crippen LogP contribution is -2.40. The van der Waals surface area contributed by atoms with Crippen LogP contribution in [0.15, 0.2) is 71.9 Å². The van der Waals surface area contributed by atoms with Gasteiger partial charge < -0.3 is 9.54 Å². The van der Waals surface area contributed by atoms with E-state index in [-0.39, 0.29) is 11.4 Å². The van der Waals surface area contributed by atoms with Gasteiger partial charge in [-0.25, -0.2) is 9.37 Å². The molecule has 2 N–H and O–H groups in total. The van der Waals surface area contributed by atoms with Gasteiger partial charge in [-0.2, -0.15) is 0 Å². The second-order valence-electron chi connectivity index (χ2n) is 7.95. The van der Waals surface area contributed by atoms with E-state index >= 15 is 4.39 Å². The average Bonchev–Trinajstić information content (AvgIpc) is 3.14. The first-order valence-electron chi connectivity index (χ1n) is 9.34. The van der Waals surface area contributed by atoms with Gasteiger partial charge in [0.1, 0.15) is 11.5 Å². The monoisotopic (exact) mass is 407 g/mol. The van der Waals surface area contributed by atoms with Crippen LogP contribution in [0.25, 0.3) is 33.3 Å². The van der Waals surface area contributed by atoms with Crippen molar-refractivity contribution in [3.05, 3.63) is 72.8 Å². The first-order chi connectivity index (χ1) is 13.8. The van der Waals surface area contributed by atoms with Crippen LogP contribution in [-0.2, 0) is 11.4 Å². The summed E-state index contributed by atoms with van der Waals surface area (Å²) in [6.07, 6.45) is 3.47. The van der Waals surface area contributed by atoms with Crippen LogP contribution in [0.5, 0.6) is 0 Å². The van der Waals surface area contributed by atoms with Crippen molar-refractivity contribution in [1.29, 1.82) is 0 Å². The van der Waals surface area contributed by atoms with Crippen LogP contribution in [0.4, 0.5) is 4.39 Å². The van der Waals surface area contributed by atoms with Crippen molar-refractivity contribution in [1.82, 2.24) is 14.7 Å². The Morgan fingerprint density at radius 1 is 1.00 bits per heavy atom. The summed E-state index contributed by atoms with van der Waals surface area (Å²) in [6, 6.07) is 16.3. The van der Waals surface area contributed by atoms with E-state index in [2.05, 4.69) is 14.7 Å². The molecule has 0 bridgehead atoms. The number of halogens is 1. The quantitative estimate of drug-likeness (QED) is 0.442. The van der Waals surface area contributed by atoms with Crippen LogP contribution in [0.1, 0.15) is 20.8 Å². The third kappa shape index (κ3) is 4.19. The number of aromatic amines is 1. The van der Waals surface area contributed by atoms with Crippen LogP contribution in [-0.4, -0.2) is 20.1 Å². The molecule has 4 aromatic rings. The standard InChI is InChI=1S/C23H22FN3OS/c1-23(2,3)27-29(28)21-7-5-4-6-19(21)15-8-9-18(20(24)13-15)17-12-16-10-11-25-22(16)26-14-17/h4-14,27H,1-3H3,(H,25,26). The zero-order chi connectivity index (χ0) is 20.6. The van der Waals surface area contributed by atoms with Gasteiger partial charge >= 0.3 is 0 Å². The van der Waals surface area contributed by atoms with E-state index < -0.39 is 11.4 Å². The first kappa shape index (κ1) is 19.6. The zero-order valence-corrected chi connectivity index (χ0v) is 17.3. The summed E-state index contributed by atoms with van der Waals surface area (Å²) in [5, 5.41) is 0.931. The minimum absolute atomic E-state index is 0.309. The van der Waals surface area contributed by atoms with Crippen molar-refractivity contribution in [2.45, 2.75) is 31.2 Å². The summed E-state index contributed by atoms with van der Waals surface area (Å²) in [7, 11) is 0. The van der Waals surface area contributed by atoms with Gasteiger partial charge in [-0.1, -0.05) is 24.3 Å². The van der Waals surface area contributed by atoms with Gasteiger partial charge in [0.15, 0.2) is 4.90 Å². The number of hydrogen-bond donors (Lipinski definition) is 2. The second-order valence-corrected chi connectivity index (χ2v) is 9.13. The van der Waals surface area contributed by atoms with Crippen molar-refractivity contribution in [2.75, 3.05) is 0 Å². The number of nitrogens with zero attached hydrogens (tertiary/aromatic N) is 1. The molecule has 0 amide bonds. The molecule has 6 heteroatoms. The molecule has 1 unspecified atom stereocenters. The van der Waals surface area contributed by atoms with Gasteiger partial charge in [0.2, 0.25) is 0 Å². The summed E-state index contributed by atoms with van der Waals surface area (Å²) in [5.74, 6) is -0.344. The van der Waals surface area contributed by atoms with E-state index in [4.69, 9.17) is 0 Å². The maximum absolute atomic E-state index is 15.0. The van der Waals surface area contributed by atoms with Gasteiger partial charge in [-0.05, 0) is 56.7 Å². The Hall–Kier alpha value is -2.67. The SMILES string of the molecule is CC(C)(C)N[S+]([O-])c1ccccc1-c1ccc(-c2cnc3[nH]ccc3c2)c(F)c1. The molecule has 0 spiro atoms. The number of benzene rings is 2. The molecule has 0 aliphatic carbocycles. The lowest BCUT2D eigenvalue weighted by atomic mass is 10.00. The second kappa shape index (κ2) is 7.63. The van der Waals surface area contributed by atoms with Gasteiger partial charge in [0.25, 0.3) is 0 Å². The third-order valence-electron chi connectivity index (χ3n) is 4.48. The third-order valence-corrected chi connectivity index (χ3v) is 6.03. The molecular weight excluding hydrogens is 385 g/mol. The zero-order valence-electron chi connectivity index (χ0n) is 16.5. The molecule has 2 heterocycles. The van der Waals surface area contributed by atoms with Gasteiger partial charge in [-0.15, -0.1) is 4.72 Å². The molecule has 1 atom stereocenters. The lowest BCUT2D eigenvalue weighted by molar-refractivity contribution is 0.491. The van der Waals surface area contributed by atoms with Crippen molar-refractivity contribution in [3.8, 4) is 22.3 Å². The fraction of sp³-hybridized carbons (Fsp3) is 0.174. The first-order valence-corrected chi connectivity index (χ1v) is 10.5. The Bertz CT molecular complexity index is 1170. The number of fused-ring (bicyclic) bond motifs is 1. The predicted octanol–water partition coefficient (Wildman–Crippen LogP) is 5.45. The number of nitrogens with one attached hydrogen (secondary N) is 2. The highest BCUT2D eigenvalue weighted by Gasteiger charge is 2.24. The number of aromatic nitrogens is 2. The molecule has 0 aliphatic rings. The number of H-pyrrole nitrogens is 1. The Morgan fingerprint density at radius 2 is 1.79 bits per heavy atom. The van der Waals surface area contributed by atoms with Crippen molar-refractivity contribution in [2.24, 2.45) is 0 Å². The Morgan fingerprint density at radius 3 is 2.55 bits per heavy atom. The molecule has 0 radical (unpaired) electrons. The molecule has 0 fully saturated rings. The molecule has 148 valence electrons. The van der Waals surface area contributed by atoms with Gasteiger partial charge in [-0.3, -0.25) is 0 Å². The van der Waals surface area contributed by atoms with Crippen LogP contribution < -0.4 is 4.72 Å². The Labute approximate surface area is 172 Å². The van der Waals surface area contributed by atoms with E-state index in [0.29, 0.717) is 21.6 Å². The maximum atomic E-state index is 15.0. The average molecular weight is 408 g/mol. The molecular formula is C23H22FN3OS. The minimum atomic E-state index is -1.41. The fourth-order valence-corrected chi connectivity index (χ4v) is 4.46. The molecule has 29 heavy (non-hydrogen) atoms. The Kier molecular flexibility index (Phi) is 5.17. The normalized spacial score (nSPS) is 13.0. The summed E-state index contributed by atoms with van der Waals surface area (Å²) >= 11 is -1.41. The molecule has 0 aliphatic heterocycles. The van der Waals surface area contributed by atoms with Gasteiger partial charge in [0, 0.05) is 34.5 Å². The fourth-order valence-electron chi connectivity index (χ4n) is 3.20. The summed E-state index contributed by atoms with van der Waals surface area (Å²) in [5.41, 5.74) is 3.09. The highest BCUT2D eigenvalue weighted by Crippen LogP contribution is 2.32. The largest absolute Gasteiger partial charge is 0.593 e. The molecule has 0 saturated heterocycles. The van der Waals surface area contributed by atoms with Crippen LogP contribution >= 0.6 is 0 Å². The minimum Gasteiger partial charge on any atom is -0.593 e. The van der Waals surface area contributed by atoms with Gasteiger partial charge in [0.05, 0.1) is 16.9 Å². The summed E-state index contributed by atoms with van der Waals surface area (Å²) < 4.78 is 30.9. The van der Waals surface area contributed by atoms with E-state index in [0.717, 1.165) is 16.6 Å². The smallest absolute Gasteiger partial charge is 0.181 e. The molecule has 2 aromatic carbocycles. The summed E-state index contributed by atoms with van der Waals surface area (Å²) in [6.45, 7) is 5.87. The van der Waals surface area contributed by atoms with E-state index in [1.165, 1.54) is 6.07 Å². The molecule has 0 saturated carbocycles. The van der Waals surface area contributed by atoms with E-state index in [1.807, 2.05) is 63.4 Å². The predicted molar refractivity (Wildman–Crippen MR) is 116 cm³/mol. The maximum Gasteiger partial charge on any atom is 0.181 e. The number of hydrogen-bond acceptors (Lipinski definition) is 3. The topological polar surface area (TPSA) is 63.8 Å². The number of rotatable bonds is 4. The van der Waals surface area contributed by atoms with Crippen molar-refractivity contribution in [3.63, 3.8) is 0 Å². The highest BCUT2D eigenvalue weighted by molar-refractivity contribution is 7.89. The van der Waals surface area contributed by atoms with Crippen LogP contribution in [0.3, 0.4) is 0 Å². The molecule has 2 aromatic heterocycles.